The molecule has 0 radical (unpaired) electrons. The molecule has 0 aliphatic rings. The van der Waals surface area contributed by atoms with Crippen molar-refractivity contribution in [3.63, 3.8) is 0 Å². The summed E-state index contributed by atoms with van der Waals surface area (Å²) in [5.74, 6) is -1.59. The van der Waals surface area contributed by atoms with Gasteiger partial charge in [-0.15, -0.1) is 0 Å². The van der Waals surface area contributed by atoms with Crippen molar-refractivity contribution in [3.05, 3.63) is 88.9 Å². The Kier molecular flexibility index (Phi) is 7.47. The molecule has 0 unspecified atom stereocenters. The lowest BCUT2D eigenvalue weighted by atomic mass is 10.1. The number of hydrogen-bond donors (Lipinski definition) is 2. The number of benzene rings is 3. The number of carbonyl (C=O) groups excluding carboxylic acids is 3. The molecule has 0 spiro atoms. The average Bonchev–Trinajstić information content (AvgIpc) is 2.78. The number of ketones is 1. The second kappa shape index (κ2) is 10.3. The minimum Gasteiger partial charge on any atom is -0.452 e. The molecule has 0 heterocycles. The Morgan fingerprint density at radius 2 is 1.55 bits per heavy atom. The van der Waals surface area contributed by atoms with E-state index in [-0.39, 0.29) is 21.9 Å². The summed E-state index contributed by atoms with van der Waals surface area (Å²) >= 11 is 5.80. The molecular formula is C23H19ClN2O6S. The number of carbonyl (C=O) groups is 3. The van der Waals surface area contributed by atoms with E-state index in [0.717, 1.165) is 0 Å². The summed E-state index contributed by atoms with van der Waals surface area (Å²) in [6.45, 7) is 0.839. The smallest absolute Gasteiger partial charge is 0.340 e. The van der Waals surface area contributed by atoms with E-state index in [0.29, 0.717) is 16.3 Å². The number of rotatable bonds is 8. The summed E-state index contributed by atoms with van der Waals surface area (Å²) in [4.78, 5) is 35.9. The topological polar surface area (TPSA) is 119 Å². The highest BCUT2D eigenvalue weighted by atomic mass is 35.5. The Labute approximate surface area is 195 Å². The van der Waals surface area contributed by atoms with Crippen molar-refractivity contribution < 1.29 is 27.5 Å². The Hall–Kier alpha value is -3.69. The van der Waals surface area contributed by atoms with Gasteiger partial charge in [0.2, 0.25) is 0 Å². The van der Waals surface area contributed by atoms with Gasteiger partial charge in [0.1, 0.15) is 0 Å². The summed E-state index contributed by atoms with van der Waals surface area (Å²) in [7, 11) is -3.99. The van der Waals surface area contributed by atoms with Gasteiger partial charge in [0.15, 0.2) is 12.4 Å². The SMILES string of the molecule is CC(=O)c1ccc(NC(=O)COC(=O)c2ccccc2NS(=O)(=O)c2ccc(Cl)cc2)cc1. The predicted octanol–water partition coefficient (Wildman–Crippen LogP) is 4.14. The number of ether oxygens (including phenoxy) is 1. The number of nitrogens with one attached hydrogen (secondary N) is 2. The van der Waals surface area contributed by atoms with E-state index in [9.17, 15) is 22.8 Å². The summed E-state index contributed by atoms with van der Waals surface area (Å²) in [6, 6.07) is 17.6. The largest absolute Gasteiger partial charge is 0.452 e. The van der Waals surface area contributed by atoms with Crippen LogP contribution in [0.5, 0.6) is 0 Å². The molecule has 2 N–H and O–H groups in total. The molecule has 0 atom stereocenters. The molecule has 0 fully saturated rings. The van der Waals surface area contributed by atoms with E-state index in [1.54, 1.807) is 30.3 Å². The number of Topliss-reactive ketones (excluding diaryl/α,β-unsaturated/α-hetero) is 1. The summed E-state index contributed by atoms with van der Waals surface area (Å²) in [5.41, 5.74) is 0.862. The molecule has 0 aromatic heterocycles. The van der Waals surface area contributed by atoms with E-state index < -0.39 is 28.5 Å². The number of esters is 1. The number of sulfonamides is 1. The molecule has 10 heteroatoms. The average molecular weight is 487 g/mol. The minimum absolute atomic E-state index is 0.00215. The highest BCUT2D eigenvalue weighted by Gasteiger charge is 2.20. The predicted molar refractivity (Wildman–Crippen MR) is 124 cm³/mol. The fourth-order valence-electron chi connectivity index (χ4n) is 2.76. The molecule has 3 aromatic carbocycles. The first-order valence-electron chi connectivity index (χ1n) is 9.61. The van der Waals surface area contributed by atoms with Crippen LogP contribution in [0.4, 0.5) is 11.4 Å². The van der Waals surface area contributed by atoms with Crippen LogP contribution in [0.1, 0.15) is 27.6 Å². The van der Waals surface area contributed by atoms with Gasteiger partial charge in [0.25, 0.3) is 15.9 Å². The highest BCUT2D eigenvalue weighted by Crippen LogP contribution is 2.22. The molecule has 1 amide bonds. The number of para-hydroxylation sites is 1. The Bertz CT molecular complexity index is 1290. The molecule has 33 heavy (non-hydrogen) atoms. The van der Waals surface area contributed by atoms with Gasteiger partial charge in [0, 0.05) is 16.3 Å². The fraction of sp³-hybridized carbons (Fsp3) is 0.0870. The van der Waals surface area contributed by atoms with Gasteiger partial charge < -0.3 is 10.1 Å². The maximum Gasteiger partial charge on any atom is 0.340 e. The van der Waals surface area contributed by atoms with Crippen molar-refractivity contribution in [1.82, 2.24) is 0 Å². The third kappa shape index (κ3) is 6.41. The summed E-state index contributed by atoms with van der Waals surface area (Å²) in [6.07, 6.45) is 0. The van der Waals surface area contributed by atoms with E-state index in [4.69, 9.17) is 16.3 Å². The van der Waals surface area contributed by atoms with Crippen LogP contribution in [0.25, 0.3) is 0 Å². The first-order valence-corrected chi connectivity index (χ1v) is 11.5. The number of amides is 1. The van der Waals surface area contributed by atoms with Crippen LogP contribution in [0, 0.1) is 0 Å². The third-order valence-corrected chi connectivity index (χ3v) is 6.06. The minimum atomic E-state index is -3.99. The van der Waals surface area contributed by atoms with Crippen LogP contribution in [0.15, 0.2) is 77.7 Å². The molecule has 0 saturated heterocycles. The Balaban J connectivity index is 1.65. The Morgan fingerprint density at radius 1 is 0.909 bits per heavy atom. The molecule has 0 aliphatic carbocycles. The maximum atomic E-state index is 12.6. The molecule has 0 bridgehead atoms. The standard InChI is InChI=1S/C23H19ClN2O6S/c1-15(27)16-6-10-18(11-7-16)25-22(28)14-32-23(29)20-4-2-3-5-21(20)26-33(30,31)19-12-8-17(24)9-13-19/h2-13,26H,14H2,1H3,(H,25,28). The fourth-order valence-corrected chi connectivity index (χ4v) is 3.97. The molecule has 0 saturated carbocycles. The first-order chi connectivity index (χ1) is 15.7. The number of halogens is 1. The van der Waals surface area contributed by atoms with Gasteiger partial charge in [-0.3, -0.25) is 14.3 Å². The lowest BCUT2D eigenvalue weighted by Crippen LogP contribution is -2.22. The van der Waals surface area contributed by atoms with Crippen molar-refractivity contribution in [3.8, 4) is 0 Å². The van der Waals surface area contributed by atoms with Crippen LogP contribution in [0.3, 0.4) is 0 Å². The van der Waals surface area contributed by atoms with E-state index in [1.807, 2.05) is 0 Å². The van der Waals surface area contributed by atoms with Crippen molar-refractivity contribution >= 4 is 50.7 Å². The second-order valence-electron chi connectivity index (χ2n) is 6.86. The van der Waals surface area contributed by atoms with E-state index in [2.05, 4.69) is 10.0 Å². The number of anilines is 2. The molecule has 0 aliphatic heterocycles. The van der Waals surface area contributed by atoms with Crippen LogP contribution in [-0.2, 0) is 19.6 Å². The van der Waals surface area contributed by atoms with Gasteiger partial charge in [-0.05, 0) is 67.6 Å². The van der Waals surface area contributed by atoms with Crippen molar-refractivity contribution in [2.45, 2.75) is 11.8 Å². The van der Waals surface area contributed by atoms with Gasteiger partial charge in [-0.25, -0.2) is 13.2 Å². The van der Waals surface area contributed by atoms with E-state index >= 15 is 0 Å². The van der Waals surface area contributed by atoms with Gasteiger partial charge in [0.05, 0.1) is 16.1 Å². The highest BCUT2D eigenvalue weighted by molar-refractivity contribution is 7.92. The maximum absolute atomic E-state index is 12.6. The molecule has 170 valence electrons. The zero-order valence-electron chi connectivity index (χ0n) is 17.4. The number of hydrogen-bond acceptors (Lipinski definition) is 6. The zero-order valence-corrected chi connectivity index (χ0v) is 18.9. The second-order valence-corrected chi connectivity index (χ2v) is 8.98. The molecule has 3 aromatic rings. The van der Waals surface area contributed by atoms with Crippen LogP contribution < -0.4 is 10.0 Å². The van der Waals surface area contributed by atoms with Gasteiger partial charge >= 0.3 is 5.97 Å². The summed E-state index contributed by atoms with van der Waals surface area (Å²) in [5, 5.41) is 2.92. The molecule has 8 nitrogen and oxygen atoms in total. The van der Waals surface area contributed by atoms with E-state index in [1.165, 1.54) is 49.4 Å². The zero-order chi connectivity index (χ0) is 24.0. The van der Waals surface area contributed by atoms with Crippen LogP contribution in [0.2, 0.25) is 5.02 Å². The normalized spacial score (nSPS) is 10.8. The lowest BCUT2D eigenvalue weighted by Gasteiger charge is -2.12. The van der Waals surface area contributed by atoms with Gasteiger partial charge in [-0.1, -0.05) is 23.7 Å². The monoisotopic (exact) mass is 486 g/mol. The first kappa shape index (κ1) is 24.0. The summed E-state index contributed by atoms with van der Waals surface area (Å²) < 4.78 is 32.7. The molecule has 3 rings (SSSR count). The van der Waals surface area contributed by atoms with Crippen molar-refractivity contribution in [2.75, 3.05) is 16.6 Å². The third-order valence-electron chi connectivity index (χ3n) is 4.42. The van der Waals surface area contributed by atoms with Crippen molar-refractivity contribution in [1.29, 1.82) is 0 Å². The quantitative estimate of drug-likeness (QED) is 0.365. The van der Waals surface area contributed by atoms with Gasteiger partial charge in [-0.2, -0.15) is 0 Å². The molecular weight excluding hydrogens is 468 g/mol. The van der Waals surface area contributed by atoms with Crippen molar-refractivity contribution in [2.24, 2.45) is 0 Å². The Morgan fingerprint density at radius 3 is 2.18 bits per heavy atom. The van der Waals surface area contributed by atoms with Crippen LogP contribution >= 0.6 is 11.6 Å². The lowest BCUT2D eigenvalue weighted by molar-refractivity contribution is -0.119. The van der Waals surface area contributed by atoms with Crippen LogP contribution in [-0.4, -0.2) is 32.7 Å².